The Bertz CT molecular complexity index is 622. The zero-order valence-electron chi connectivity index (χ0n) is 11.5. The van der Waals surface area contributed by atoms with Crippen LogP contribution in [0.4, 0.5) is 0 Å². The lowest BCUT2D eigenvalue weighted by atomic mass is 10.3. The molecular formula is C12H17BrN2O5S. The van der Waals surface area contributed by atoms with Gasteiger partial charge in [-0.15, -0.1) is 0 Å². The van der Waals surface area contributed by atoms with Gasteiger partial charge in [-0.2, -0.15) is 0 Å². The number of sulfonamides is 1. The Morgan fingerprint density at radius 3 is 2.67 bits per heavy atom. The first kappa shape index (κ1) is 16.5. The third-order valence-electron chi connectivity index (χ3n) is 3.24. The molecule has 0 saturated carbocycles. The van der Waals surface area contributed by atoms with Crippen molar-refractivity contribution in [3.63, 3.8) is 0 Å². The second-order valence-electron chi connectivity index (χ2n) is 5.08. The average Bonchev–Trinajstić information content (AvgIpc) is 2.97. The van der Waals surface area contributed by atoms with Crippen molar-refractivity contribution in [1.82, 2.24) is 9.62 Å². The van der Waals surface area contributed by atoms with Crippen LogP contribution < -0.4 is 4.72 Å². The van der Waals surface area contributed by atoms with Gasteiger partial charge in [0, 0.05) is 18.7 Å². The lowest BCUT2D eigenvalue weighted by molar-refractivity contribution is 0.0661. The zero-order chi connectivity index (χ0) is 15.6. The van der Waals surface area contributed by atoms with Gasteiger partial charge in [0.25, 0.3) is 0 Å². The predicted molar refractivity (Wildman–Crippen MR) is 78.8 cm³/mol. The lowest BCUT2D eigenvalue weighted by Crippen LogP contribution is -2.41. The number of rotatable bonds is 6. The van der Waals surface area contributed by atoms with E-state index in [9.17, 15) is 13.2 Å². The van der Waals surface area contributed by atoms with Gasteiger partial charge in [-0.05, 0) is 48.8 Å². The van der Waals surface area contributed by atoms with Gasteiger partial charge in [-0.3, -0.25) is 0 Å². The molecule has 0 spiro atoms. The molecule has 1 aromatic rings. The minimum atomic E-state index is -3.83. The average molecular weight is 381 g/mol. The standard InChI is InChI=1S/C12H17BrN2O5S/c1-8(7-15-4-2-3-5-15)14-21(18,19)10-6-9(12(16)17)20-11(10)13/h6,8,14H,2-5,7H2,1H3,(H,16,17). The van der Waals surface area contributed by atoms with Crippen LogP contribution in [0.3, 0.4) is 0 Å². The molecule has 0 radical (unpaired) electrons. The summed E-state index contributed by atoms with van der Waals surface area (Å²) in [5.74, 6) is -1.74. The number of carboxylic acids is 1. The molecule has 7 nitrogen and oxygen atoms in total. The molecular weight excluding hydrogens is 364 g/mol. The highest BCUT2D eigenvalue weighted by Gasteiger charge is 2.27. The van der Waals surface area contributed by atoms with E-state index in [0.717, 1.165) is 32.0 Å². The summed E-state index contributed by atoms with van der Waals surface area (Å²) in [6, 6.07) is 0.723. The quantitative estimate of drug-likeness (QED) is 0.775. The molecule has 0 aliphatic carbocycles. The molecule has 1 atom stereocenters. The molecule has 1 aliphatic rings. The maximum absolute atomic E-state index is 12.3. The monoisotopic (exact) mass is 380 g/mol. The molecule has 2 heterocycles. The molecule has 9 heteroatoms. The van der Waals surface area contributed by atoms with Gasteiger partial charge in [-0.25, -0.2) is 17.9 Å². The van der Waals surface area contributed by atoms with Crippen LogP contribution in [0, 0.1) is 0 Å². The Kier molecular flexibility index (Phi) is 5.07. The van der Waals surface area contributed by atoms with Gasteiger partial charge in [0.2, 0.25) is 15.8 Å². The van der Waals surface area contributed by atoms with Crippen LogP contribution in [-0.4, -0.2) is 50.1 Å². The number of nitrogens with zero attached hydrogens (tertiary/aromatic N) is 1. The number of carbonyl (C=O) groups is 1. The largest absolute Gasteiger partial charge is 0.475 e. The Hall–Kier alpha value is -0.900. The minimum absolute atomic E-state index is 0.110. The maximum Gasteiger partial charge on any atom is 0.371 e. The summed E-state index contributed by atoms with van der Waals surface area (Å²) in [4.78, 5) is 12.8. The molecule has 1 fully saturated rings. The van der Waals surface area contributed by atoms with E-state index in [0.29, 0.717) is 6.54 Å². The predicted octanol–water partition coefficient (Wildman–Crippen LogP) is 1.50. The molecule has 2 N–H and O–H groups in total. The molecule has 1 aliphatic heterocycles. The molecule has 0 amide bonds. The van der Waals surface area contributed by atoms with E-state index >= 15 is 0 Å². The van der Waals surface area contributed by atoms with Crippen LogP contribution in [0.25, 0.3) is 0 Å². The van der Waals surface area contributed by atoms with E-state index in [4.69, 9.17) is 9.52 Å². The number of hydrogen-bond acceptors (Lipinski definition) is 5. The van der Waals surface area contributed by atoms with Gasteiger partial charge in [0.05, 0.1) is 0 Å². The Morgan fingerprint density at radius 1 is 1.52 bits per heavy atom. The Balaban J connectivity index is 2.08. The number of furan rings is 1. The fourth-order valence-corrected chi connectivity index (χ4v) is 4.53. The summed E-state index contributed by atoms with van der Waals surface area (Å²) in [5.41, 5.74) is 0. The number of nitrogens with one attached hydrogen (secondary N) is 1. The zero-order valence-corrected chi connectivity index (χ0v) is 13.9. The Labute approximate surface area is 131 Å². The van der Waals surface area contributed by atoms with Crippen LogP contribution in [-0.2, 0) is 10.0 Å². The fraction of sp³-hybridized carbons (Fsp3) is 0.583. The molecule has 21 heavy (non-hydrogen) atoms. The first-order chi connectivity index (χ1) is 9.79. The van der Waals surface area contributed by atoms with Crippen molar-refractivity contribution in [2.75, 3.05) is 19.6 Å². The highest BCUT2D eigenvalue weighted by atomic mass is 79.9. The highest BCUT2D eigenvalue weighted by molar-refractivity contribution is 9.10. The van der Waals surface area contributed by atoms with E-state index in [-0.39, 0.29) is 15.6 Å². The highest BCUT2D eigenvalue weighted by Crippen LogP contribution is 2.26. The maximum atomic E-state index is 12.3. The Morgan fingerprint density at radius 2 is 2.14 bits per heavy atom. The van der Waals surface area contributed by atoms with E-state index < -0.39 is 21.8 Å². The van der Waals surface area contributed by atoms with E-state index in [1.807, 2.05) is 0 Å². The van der Waals surface area contributed by atoms with Crippen LogP contribution in [0.15, 0.2) is 20.0 Å². The van der Waals surface area contributed by atoms with E-state index in [1.165, 1.54) is 0 Å². The minimum Gasteiger partial charge on any atom is -0.475 e. The summed E-state index contributed by atoms with van der Waals surface area (Å²) >= 11 is 2.94. The van der Waals surface area contributed by atoms with Crippen LogP contribution in [0.2, 0.25) is 0 Å². The summed E-state index contributed by atoms with van der Waals surface area (Å²) < 4.78 is 31.8. The smallest absolute Gasteiger partial charge is 0.371 e. The van der Waals surface area contributed by atoms with E-state index in [1.54, 1.807) is 6.92 Å². The normalized spacial score (nSPS) is 18.0. The molecule has 1 aromatic heterocycles. The second kappa shape index (κ2) is 6.47. The van der Waals surface area contributed by atoms with Gasteiger partial charge in [-0.1, -0.05) is 0 Å². The van der Waals surface area contributed by atoms with Crippen molar-refractivity contribution >= 4 is 31.9 Å². The lowest BCUT2D eigenvalue weighted by Gasteiger charge is -2.20. The van der Waals surface area contributed by atoms with Gasteiger partial charge in [0.1, 0.15) is 4.90 Å². The van der Waals surface area contributed by atoms with Crippen molar-refractivity contribution in [2.24, 2.45) is 0 Å². The van der Waals surface area contributed by atoms with Crippen LogP contribution in [0.1, 0.15) is 30.3 Å². The summed E-state index contributed by atoms with van der Waals surface area (Å²) in [5, 5.41) is 8.82. The summed E-state index contributed by atoms with van der Waals surface area (Å²) in [6.07, 6.45) is 2.27. The summed E-state index contributed by atoms with van der Waals surface area (Å²) in [7, 11) is -3.83. The second-order valence-corrected chi connectivity index (χ2v) is 7.49. The first-order valence-corrected chi connectivity index (χ1v) is 8.84. The topological polar surface area (TPSA) is 99.9 Å². The van der Waals surface area contributed by atoms with E-state index in [2.05, 4.69) is 25.6 Å². The van der Waals surface area contributed by atoms with Crippen molar-refractivity contribution < 1.29 is 22.7 Å². The first-order valence-electron chi connectivity index (χ1n) is 6.57. The van der Waals surface area contributed by atoms with Crippen molar-refractivity contribution in [2.45, 2.75) is 30.7 Å². The van der Waals surface area contributed by atoms with Gasteiger partial charge < -0.3 is 14.4 Å². The van der Waals surface area contributed by atoms with Gasteiger partial charge >= 0.3 is 5.97 Å². The third-order valence-corrected chi connectivity index (χ3v) is 5.69. The van der Waals surface area contributed by atoms with Crippen LogP contribution >= 0.6 is 15.9 Å². The fourth-order valence-electron chi connectivity index (χ4n) is 2.36. The number of carboxylic acid groups (broad SMARTS) is 1. The summed E-state index contributed by atoms with van der Waals surface area (Å²) in [6.45, 7) is 4.36. The van der Waals surface area contributed by atoms with Crippen molar-refractivity contribution in [3.8, 4) is 0 Å². The van der Waals surface area contributed by atoms with Crippen molar-refractivity contribution in [3.05, 3.63) is 16.5 Å². The number of halogens is 1. The third kappa shape index (κ3) is 4.06. The molecule has 0 aromatic carbocycles. The SMILES string of the molecule is CC(CN1CCCC1)NS(=O)(=O)c1cc(C(=O)O)oc1Br. The number of hydrogen-bond donors (Lipinski definition) is 2. The molecule has 1 saturated heterocycles. The number of likely N-dealkylation sites (tertiary alicyclic amines) is 1. The molecule has 1 unspecified atom stereocenters. The van der Waals surface area contributed by atoms with Crippen molar-refractivity contribution in [1.29, 1.82) is 0 Å². The molecule has 0 bridgehead atoms. The number of aromatic carboxylic acids is 1. The van der Waals surface area contributed by atoms with Gasteiger partial charge in [0.15, 0.2) is 4.67 Å². The molecule has 2 rings (SSSR count). The van der Waals surface area contributed by atoms with Crippen LogP contribution in [0.5, 0.6) is 0 Å². The molecule has 118 valence electrons.